The molecule has 0 bridgehead atoms. The van der Waals surface area contributed by atoms with E-state index < -0.39 is 17.9 Å². The molecule has 0 aliphatic rings. The van der Waals surface area contributed by atoms with Gasteiger partial charge in [0.25, 0.3) is 0 Å². The van der Waals surface area contributed by atoms with Crippen LogP contribution in [-0.2, 0) is 4.79 Å². The molecule has 1 aromatic rings. The first kappa shape index (κ1) is 11.8. The van der Waals surface area contributed by atoms with Gasteiger partial charge in [-0.1, -0.05) is 11.6 Å². The molecule has 1 aromatic carbocycles. The summed E-state index contributed by atoms with van der Waals surface area (Å²) < 4.78 is 18.1. The van der Waals surface area contributed by atoms with E-state index in [1.54, 1.807) is 6.92 Å². The number of halogens is 2. The average Bonchev–Trinajstić information content (AvgIpc) is 2.10. The van der Waals surface area contributed by atoms with Crippen LogP contribution in [0.4, 0.5) is 4.39 Å². The molecule has 0 aliphatic heterocycles. The van der Waals surface area contributed by atoms with E-state index in [4.69, 9.17) is 21.4 Å². The molecule has 0 heterocycles. The van der Waals surface area contributed by atoms with Crippen molar-refractivity contribution in [3.05, 3.63) is 29.0 Å². The quantitative estimate of drug-likeness (QED) is 0.868. The molecule has 5 heteroatoms. The van der Waals surface area contributed by atoms with Gasteiger partial charge in [-0.15, -0.1) is 0 Å². The monoisotopic (exact) mass is 232 g/mol. The Labute approximate surface area is 91.4 Å². The van der Waals surface area contributed by atoms with Crippen LogP contribution < -0.4 is 4.74 Å². The number of carboxylic acids is 1. The van der Waals surface area contributed by atoms with Gasteiger partial charge in [-0.25, -0.2) is 4.39 Å². The summed E-state index contributed by atoms with van der Waals surface area (Å²) in [6, 6.07) is 3.98. The van der Waals surface area contributed by atoms with Crippen molar-refractivity contribution in [2.75, 3.05) is 0 Å². The van der Waals surface area contributed by atoms with Crippen LogP contribution in [0.2, 0.25) is 5.02 Å². The van der Waals surface area contributed by atoms with Gasteiger partial charge in [0.05, 0.1) is 11.4 Å². The molecule has 15 heavy (non-hydrogen) atoms. The van der Waals surface area contributed by atoms with Crippen molar-refractivity contribution in [3.63, 3.8) is 0 Å². The van der Waals surface area contributed by atoms with Crippen LogP contribution in [0.15, 0.2) is 18.2 Å². The third-order valence-corrected chi connectivity index (χ3v) is 2.00. The van der Waals surface area contributed by atoms with Gasteiger partial charge in [0.15, 0.2) is 0 Å². The van der Waals surface area contributed by atoms with E-state index in [2.05, 4.69) is 0 Å². The van der Waals surface area contributed by atoms with E-state index >= 15 is 0 Å². The predicted molar refractivity (Wildman–Crippen MR) is 53.8 cm³/mol. The Morgan fingerprint density at radius 3 is 2.87 bits per heavy atom. The van der Waals surface area contributed by atoms with Crippen molar-refractivity contribution in [2.45, 2.75) is 19.4 Å². The highest BCUT2D eigenvalue weighted by molar-refractivity contribution is 6.30. The van der Waals surface area contributed by atoms with Gasteiger partial charge in [0.1, 0.15) is 17.7 Å². The first-order valence-corrected chi connectivity index (χ1v) is 4.70. The molecule has 82 valence electrons. The highest BCUT2D eigenvalue weighted by Crippen LogP contribution is 2.21. The third-order valence-electron chi connectivity index (χ3n) is 1.69. The summed E-state index contributed by atoms with van der Waals surface area (Å²) in [7, 11) is 0. The molecule has 0 amide bonds. The molecule has 0 aromatic heterocycles. The molecule has 3 nitrogen and oxygen atoms in total. The Morgan fingerprint density at radius 1 is 1.67 bits per heavy atom. The van der Waals surface area contributed by atoms with E-state index in [0.717, 1.165) is 6.07 Å². The average molecular weight is 233 g/mol. The number of ether oxygens (including phenoxy) is 1. The number of hydrogen-bond acceptors (Lipinski definition) is 2. The summed E-state index contributed by atoms with van der Waals surface area (Å²) in [5, 5.41) is 8.49. The summed E-state index contributed by atoms with van der Waals surface area (Å²) in [4.78, 5) is 10.3. The van der Waals surface area contributed by atoms with E-state index in [9.17, 15) is 9.18 Å². The number of benzene rings is 1. The van der Waals surface area contributed by atoms with Crippen LogP contribution in [0, 0.1) is 5.82 Å². The number of rotatable bonds is 4. The zero-order valence-electron chi connectivity index (χ0n) is 8.04. The highest BCUT2D eigenvalue weighted by Gasteiger charge is 2.10. The fourth-order valence-electron chi connectivity index (χ4n) is 1.07. The fourth-order valence-corrected chi connectivity index (χ4v) is 1.19. The predicted octanol–water partition coefficient (Wildman–Crippen LogP) is 2.72. The lowest BCUT2D eigenvalue weighted by atomic mass is 10.3. The van der Waals surface area contributed by atoms with Crippen LogP contribution in [0.5, 0.6) is 5.75 Å². The SMILES string of the molecule is C[C@H](CC(=O)O)Oc1ccc(Cl)c(F)c1. The molecule has 0 spiro atoms. The third kappa shape index (κ3) is 3.75. The smallest absolute Gasteiger partial charge is 0.307 e. The summed E-state index contributed by atoms with van der Waals surface area (Å²) in [6.45, 7) is 1.60. The van der Waals surface area contributed by atoms with Crippen LogP contribution in [0.1, 0.15) is 13.3 Å². The molecule has 0 radical (unpaired) electrons. The van der Waals surface area contributed by atoms with Crippen molar-refractivity contribution in [2.24, 2.45) is 0 Å². The Bertz CT molecular complexity index is 368. The summed E-state index contributed by atoms with van der Waals surface area (Å²) in [5.74, 6) is -1.28. The second-order valence-corrected chi connectivity index (χ2v) is 3.51. The number of carbonyl (C=O) groups is 1. The van der Waals surface area contributed by atoms with Crippen molar-refractivity contribution in [1.82, 2.24) is 0 Å². The minimum atomic E-state index is -0.961. The lowest BCUT2D eigenvalue weighted by molar-refractivity contribution is -0.138. The van der Waals surface area contributed by atoms with Crippen LogP contribution in [0.25, 0.3) is 0 Å². The molecule has 1 atom stereocenters. The first-order valence-electron chi connectivity index (χ1n) is 4.32. The molecule has 1 N–H and O–H groups in total. The number of aliphatic carboxylic acids is 1. The van der Waals surface area contributed by atoms with Crippen molar-refractivity contribution in [1.29, 1.82) is 0 Å². The van der Waals surface area contributed by atoms with Crippen molar-refractivity contribution in [3.8, 4) is 5.75 Å². The van der Waals surface area contributed by atoms with Gasteiger partial charge in [0.2, 0.25) is 0 Å². The van der Waals surface area contributed by atoms with E-state index in [0.29, 0.717) is 0 Å². The summed E-state index contributed by atoms with van der Waals surface area (Å²) >= 11 is 5.48. The molecule has 1 rings (SSSR count). The van der Waals surface area contributed by atoms with Gasteiger partial charge in [0, 0.05) is 6.07 Å². The molecule has 0 unspecified atom stereocenters. The minimum Gasteiger partial charge on any atom is -0.490 e. The van der Waals surface area contributed by atoms with E-state index in [1.807, 2.05) is 0 Å². The molecule has 0 saturated carbocycles. The fraction of sp³-hybridized carbons (Fsp3) is 0.300. The van der Waals surface area contributed by atoms with Crippen LogP contribution in [-0.4, -0.2) is 17.2 Å². The number of carboxylic acid groups (broad SMARTS) is 1. The Morgan fingerprint density at radius 2 is 2.33 bits per heavy atom. The Hall–Kier alpha value is -1.29. The number of hydrogen-bond donors (Lipinski definition) is 1. The normalized spacial score (nSPS) is 12.2. The highest BCUT2D eigenvalue weighted by atomic mass is 35.5. The molecular formula is C10H10ClFO3. The van der Waals surface area contributed by atoms with E-state index in [1.165, 1.54) is 12.1 Å². The van der Waals surface area contributed by atoms with Gasteiger partial charge >= 0.3 is 5.97 Å². The molecular weight excluding hydrogens is 223 g/mol. The lowest BCUT2D eigenvalue weighted by Crippen LogP contribution is -2.16. The second kappa shape index (κ2) is 4.98. The molecule has 0 fully saturated rings. The zero-order valence-corrected chi connectivity index (χ0v) is 8.79. The largest absolute Gasteiger partial charge is 0.490 e. The van der Waals surface area contributed by atoms with Crippen molar-refractivity contribution >= 4 is 17.6 Å². The Balaban J connectivity index is 2.64. The van der Waals surface area contributed by atoms with Crippen LogP contribution >= 0.6 is 11.6 Å². The Kier molecular flexibility index (Phi) is 3.91. The second-order valence-electron chi connectivity index (χ2n) is 3.10. The minimum absolute atomic E-state index is 0.00763. The maximum absolute atomic E-state index is 13.0. The van der Waals surface area contributed by atoms with Gasteiger partial charge in [-0.2, -0.15) is 0 Å². The van der Waals surface area contributed by atoms with Gasteiger partial charge < -0.3 is 9.84 Å². The maximum atomic E-state index is 13.0. The molecule has 0 saturated heterocycles. The first-order chi connectivity index (χ1) is 6.99. The van der Waals surface area contributed by atoms with Crippen molar-refractivity contribution < 1.29 is 19.0 Å². The van der Waals surface area contributed by atoms with E-state index in [-0.39, 0.29) is 17.2 Å². The topological polar surface area (TPSA) is 46.5 Å². The lowest BCUT2D eigenvalue weighted by Gasteiger charge is -2.12. The summed E-state index contributed by atoms with van der Waals surface area (Å²) in [5.41, 5.74) is 0. The maximum Gasteiger partial charge on any atom is 0.307 e. The van der Waals surface area contributed by atoms with Gasteiger partial charge in [-0.3, -0.25) is 4.79 Å². The molecule has 0 aliphatic carbocycles. The summed E-state index contributed by atoms with van der Waals surface area (Å²) in [6.07, 6.45) is -0.646. The van der Waals surface area contributed by atoms with Crippen LogP contribution in [0.3, 0.4) is 0 Å². The standard InChI is InChI=1S/C10H10ClFO3/c1-6(4-10(13)14)15-7-2-3-8(11)9(12)5-7/h2-3,5-6H,4H2,1H3,(H,13,14)/t6-/m1/s1. The zero-order chi connectivity index (χ0) is 11.4. The van der Waals surface area contributed by atoms with Gasteiger partial charge in [-0.05, 0) is 19.1 Å².